The second-order valence-corrected chi connectivity index (χ2v) is 9.10. The Labute approximate surface area is 218 Å². The summed E-state index contributed by atoms with van der Waals surface area (Å²) in [6.07, 6.45) is 0. The molecule has 0 spiro atoms. The number of nitrogens with one attached hydrogen (secondary N) is 2. The van der Waals surface area contributed by atoms with Crippen molar-refractivity contribution in [1.29, 1.82) is 0 Å². The number of methoxy groups -OCH3 is 2. The van der Waals surface area contributed by atoms with Gasteiger partial charge in [0.05, 0.1) is 19.9 Å². The minimum atomic E-state index is -0.618. The molecule has 2 N–H and O–H groups in total. The Kier molecular flexibility index (Phi) is 8.43. The van der Waals surface area contributed by atoms with E-state index in [1.54, 1.807) is 42.5 Å². The van der Waals surface area contributed by atoms with Crippen LogP contribution in [0, 0.1) is 5.82 Å². The lowest BCUT2D eigenvalue weighted by Gasteiger charge is -2.17. The summed E-state index contributed by atoms with van der Waals surface area (Å²) in [6, 6.07) is 27.4. The summed E-state index contributed by atoms with van der Waals surface area (Å²) in [5, 5.41) is 4.93. The number of carbonyl (C=O) groups is 2. The number of ether oxygens (including phenoxy) is 2. The molecule has 0 radical (unpaired) electrons. The van der Waals surface area contributed by atoms with E-state index in [4.69, 9.17) is 9.47 Å². The van der Waals surface area contributed by atoms with Gasteiger partial charge in [-0.3, -0.25) is 9.59 Å². The lowest BCUT2D eigenvalue weighted by molar-refractivity contribution is -0.115. The van der Waals surface area contributed by atoms with Crippen molar-refractivity contribution in [3.63, 3.8) is 0 Å². The first-order valence-corrected chi connectivity index (χ1v) is 12.3. The van der Waals surface area contributed by atoms with Gasteiger partial charge in [0, 0.05) is 16.1 Å². The van der Waals surface area contributed by atoms with Gasteiger partial charge in [0.15, 0.2) is 11.5 Å². The summed E-state index contributed by atoms with van der Waals surface area (Å²) in [6.45, 7) is 0. The number of rotatable bonds is 9. The molecule has 0 heterocycles. The molecule has 0 saturated carbocycles. The van der Waals surface area contributed by atoms with Crippen molar-refractivity contribution in [2.45, 2.75) is 10.1 Å². The summed E-state index contributed by atoms with van der Waals surface area (Å²) in [7, 11) is 3.04. The van der Waals surface area contributed by atoms with Gasteiger partial charge in [0.1, 0.15) is 11.1 Å². The van der Waals surface area contributed by atoms with Crippen LogP contribution in [-0.2, 0) is 4.79 Å². The SMILES string of the molecule is COc1ccc(C(=O)Nc2ccc(SC(C(=O)Nc3ccccc3F)c3ccccc3)cc2)cc1OC. The van der Waals surface area contributed by atoms with Crippen LogP contribution in [0.15, 0.2) is 102 Å². The zero-order valence-corrected chi connectivity index (χ0v) is 21.1. The highest BCUT2D eigenvalue weighted by Gasteiger charge is 2.23. The molecule has 0 fully saturated rings. The van der Waals surface area contributed by atoms with Crippen LogP contribution in [0.25, 0.3) is 0 Å². The smallest absolute Gasteiger partial charge is 0.255 e. The number of para-hydroxylation sites is 1. The quantitative estimate of drug-likeness (QED) is 0.246. The highest BCUT2D eigenvalue weighted by molar-refractivity contribution is 8.00. The van der Waals surface area contributed by atoms with Crippen LogP contribution in [-0.4, -0.2) is 26.0 Å². The van der Waals surface area contributed by atoms with Gasteiger partial charge >= 0.3 is 0 Å². The zero-order chi connectivity index (χ0) is 26.2. The fraction of sp³-hybridized carbons (Fsp3) is 0.103. The fourth-order valence-corrected chi connectivity index (χ4v) is 4.62. The molecule has 4 aromatic carbocycles. The molecule has 4 rings (SSSR count). The maximum atomic E-state index is 14.1. The monoisotopic (exact) mass is 516 g/mol. The largest absolute Gasteiger partial charge is 0.493 e. The van der Waals surface area contributed by atoms with E-state index < -0.39 is 11.1 Å². The number of hydrogen-bond donors (Lipinski definition) is 2. The topological polar surface area (TPSA) is 76.7 Å². The lowest BCUT2D eigenvalue weighted by atomic mass is 10.1. The fourth-order valence-electron chi connectivity index (χ4n) is 3.60. The van der Waals surface area contributed by atoms with Gasteiger partial charge in [-0.25, -0.2) is 4.39 Å². The number of carbonyl (C=O) groups excluding carboxylic acids is 2. The molecular weight excluding hydrogens is 491 g/mol. The Morgan fingerprint density at radius 2 is 1.46 bits per heavy atom. The molecular formula is C29H25FN2O4S. The summed E-state index contributed by atoms with van der Waals surface area (Å²) in [5.41, 5.74) is 1.93. The standard InChI is InChI=1S/C29H25FN2O4S/c1-35-25-17-12-20(18-26(25)36-2)28(33)31-21-13-15-22(16-14-21)37-27(19-8-4-3-5-9-19)29(34)32-24-11-7-6-10-23(24)30/h3-18,27H,1-2H3,(H,31,33)(H,32,34). The van der Waals surface area contributed by atoms with E-state index in [9.17, 15) is 14.0 Å². The Balaban J connectivity index is 1.48. The number of anilines is 2. The maximum Gasteiger partial charge on any atom is 0.255 e. The summed E-state index contributed by atoms with van der Waals surface area (Å²) >= 11 is 1.33. The second-order valence-electron chi connectivity index (χ2n) is 7.93. The predicted molar refractivity (Wildman–Crippen MR) is 144 cm³/mol. The first kappa shape index (κ1) is 25.8. The number of amides is 2. The lowest BCUT2D eigenvalue weighted by Crippen LogP contribution is -2.19. The molecule has 0 saturated heterocycles. The molecule has 2 amide bonds. The molecule has 0 aromatic heterocycles. The van der Waals surface area contributed by atoms with Crippen LogP contribution < -0.4 is 20.1 Å². The average Bonchev–Trinajstić information content (AvgIpc) is 2.93. The summed E-state index contributed by atoms with van der Waals surface area (Å²) in [5.74, 6) is -0.142. The number of benzene rings is 4. The normalized spacial score (nSPS) is 11.3. The van der Waals surface area contributed by atoms with Crippen molar-refractivity contribution in [3.05, 3.63) is 114 Å². The molecule has 1 atom stereocenters. The molecule has 6 nitrogen and oxygen atoms in total. The Hall–Kier alpha value is -4.30. The van der Waals surface area contributed by atoms with Gasteiger partial charge in [-0.1, -0.05) is 42.5 Å². The molecule has 4 aromatic rings. The zero-order valence-electron chi connectivity index (χ0n) is 20.2. The van der Waals surface area contributed by atoms with Gasteiger partial charge in [0.25, 0.3) is 5.91 Å². The highest BCUT2D eigenvalue weighted by atomic mass is 32.2. The average molecular weight is 517 g/mol. The first-order valence-electron chi connectivity index (χ1n) is 11.4. The van der Waals surface area contributed by atoms with E-state index in [2.05, 4.69) is 10.6 Å². The molecule has 0 aliphatic carbocycles. The van der Waals surface area contributed by atoms with E-state index >= 15 is 0 Å². The number of thioether (sulfide) groups is 1. The third-order valence-electron chi connectivity index (χ3n) is 5.48. The van der Waals surface area contributed by atoms with Crippen molar-refractivity contribution < 1.29 is 23.5 Å². The van der Waals surface area contributed by atoms with E-state index in [0.717, 1.165) is 10.5 Å². The first-order chi connectivity index (χ1) is 18.0. The van der Waals surface area contributed by atoms with E-state index in [1.807, 2.05) is 42.5 Å². The summed E-state index contributed by atoms with van der Waals surface area (Å²) in [4.78, 5) is 26.7. The van der Waals surface area contributed by atoms with Crippen molar-refractivity contribution >= 4 is 35.0 Å². The molecule has 0 aliphatic rings. The van der Waals surface area contributed by atoms with Crippen LogP contribution >= 0.6 is 11.8 Å². The Bertz CT molecular complexity index is 1380. The summed E-state index contributed by atoms with van der Waals surface area (Å²) < 4.78 is 24.6. The van der Waals surface area contributed by atoms with E-state index in [1.165, 1.54) is 38.1 Å². The second kappa shape index (κ2) is 12.1. The molecule has 0 bridgehead atoms. The van der Waals surface area contributed by atoms with Crippen molar-refractivity contribution in [1.82, 2.24) is 0 Å². The van der Waals surface area contributed by atoms with E-state index in [-0.39, 0.29) is 17.5 Å². The van der Waals surface area contributed by atoms with Gasteiger partial charge in [-0.2, -0.15) is 0 Å². The van der Waals surface area contributed by atoms with Gasteiger partial charge in [-0.05, 0) is 60.2 Å². The molecule has 37 heavy (non-hydrogen) atoms. The van der Waals surface area contributed by atoms with E-state index in [0.29, 0.717) is 22.7 Å². The van der Waals surface area contributed by atoms with Crippen LogP contribution in [0.2, 0.25) is 0 Å². The molecule has 8 heteroatoms. The number of halogens is 1. The molecule has 0 aliphatic heterocycles. The Morgan fingerprint density at radius 1 is 0.784 bits per heavy atom. The predicted octanol–water partition coefficient (Wildman–Crippen LogP) is 6.57. The van der Waals surface area contributed by atoms with Crippen molar-refractivity contribution in [2.24, 2.45) is 0 Å². The molecule has 188 valence electrons. The van der Waals surface area contributed by atoms with Crippen LogP contribution in [0.3, 0.4) is 0 Å². The van der Waals surface area contributed by atoms with Crippen LogP contribution in [0.1, 0.15) is 21.2 Å². The minimum absolute atomic E-state index is 0.127. The third kappa shape index (κ3) is 6.48. The molecule has 1 unspecified atom stereocenters. The van der Waals surface area contributed by atoms with Crippen LogP contribution in [0.5, 0.6) is 11.5 Å². The van der Waals surface area contributed by atoms with Gasteiger partial charge in [-0.15, -0.1) is 11.8 Å². The van der Waals surface area contributed by atoms with Gasteiger partial charge in [0.2, 0.25) is 5.91 Å². The Morgan fingerprint density at radius 3 is 2.14 bits per heavy atom. The van der Waals surface area contributed by atoms with Crippen molar-refractivity contribution in [3.8, 4) is 11.5 Å². The van der Waals surface area contributed by atoms with Crippen LogP contribution in [0.4, 0.5) is 15.8 Å². The number of hydrogen-bond acceptors (Lipinski definition) is 5. The van der Waals surface area contributed by atoms with Crippen molar-refractivity contribution in [2.75, 3.05) is 24.9 Å². The minimum Gasteiger partial charge on any atom is -0.493 e. The van der Waals surface area contributed by atoms with Gasteiger partial charge < -0.3 is 20.1 Å². The highest BCUT2D eigenvalue weighted by Crippen LogP contribution is 2.37. The third-order valence-corrected chi connectivity index (χ3v) is 6.75. The maximum absolute atomic E-state index is 14.1.